The smallest absolute Gasteiger partial charge is 0.243 e. The van der Waals surface area contributed by atoms with E-state index < -0.39 is 10.0 Å². The molecule has 0 aliphatic carbocycles. The van der Waals surface area contributed by atoms with Gasteiger partial charge in [-0.25, -0.2) is 8.42 Å². The number of piperazine rings is 1. The molecule has 0 aromatic heterocycles. The van der Waals surface area contributed by atoms with E-state index in [-0.39, 0.29) is 10.7 Å². The first kappa shape index (κ1) is 18.4. The zero-order valence-electron chi connectivity index (χ0n) is 14.9. The van der Waals surface area contributed by atoms with Gasteiger partial charge in [0.05, 0.1) is 12.0 Å². The van der Waals surface area contributed by atoms with Crippen molar-refractivity contribution in [2.75, 3.05) is 38.2 Å². The van der Waals surface area contributed by atoms with E-state index in [4.69, 9.17) is 4.74 Å². The molecule has 1 aliphatic rings. The highest BCUT2D eigenvalue weighted by Gasteiger charge is 2.28. The van der Waals surface area contributed by atoms with E-state index in [9.17, 15) is 13.2 Å². The Labute approximate surface area is 154 Å². The Kier molecular flexibility index (Phi) is 5.29. The lowest BCUT2D eigenvalue weighted by Crippen LogP contribution is -2.48. The summed E-state index contributed by atoms with van der Waals surface area (Å²) >= 11 is 0. The van der Waals surface area contributed by atoms with Gasteiger partial charge in [0.15, 0.2) is 5.78 Å². The number of rotatable bonds is 5. The minimum atomic E-state index is -3.60. The van der Waals surface area contributed by atoms with Crippen LogP contribution in [0.1, 0.15) is 17.3 Å². The van der Waals surface area contributed by atoms with Crippen LogP contribution in [0.25, 0.3) is 0 Å². The second-order valence-electron chi connectivity index (χ2n) is 6.17. The largest absolute Gasteiger partial charge is 0.497 e. The maximum atomic E-state index is 12.9. The number of Topliss-reactive ketones (excluding diaryl/α,β-unsaturated/α-hetero) is 1. The van der Waals surface area contributed by atoms with Gasteiger partial charge in [-0.1, -0.05) is 12.1 Å². The van der Waals surface area contributed by atoms with Gasteiger partial charge in [-0.05, 0) is 43.3 Å². The molecule has 6 nitrogen and oxygen atoms in total. The van der Waals surface area contributed by atoms with E-state index in [1.165, 1.54) is 23.4 Å². The van der Waals surface area contributed by atoms with Gasteiger partial charge in [-0.3, -0.25) is 4.79 Å². The third kappa shape index (κ3) is 3.73. The molecule has 7 heteroatoms. The summed E-state index contributed by atoms with van der Waals surface area (Å²) in [6, 6.07) is 14.0. The normalized spacial score (nSPS) is 15.7. The predicted molar refractivity (Wildman–Crippen MR) is 100 cm³/mol. The number of carbonyl (C=O) groups is 1. The highest BCUT2D eigenvalue weighted by molar-refractivity contribution is 7.89. The van der Waals surface area contributed by atoms with Crippen LogP contribution < -0.4 is 9.64 Å². The SMILES string of the molecule is COc1ccc(N2CCN(S(=O)(=O)c3cccc(C(C)=O)c3)CC2)cc1. The highest BCUT2D eigenvalue weighted by Crippen LogP contribution is 2.23. The van der Waals surface area contributed by atoms with Crippen LogP contribution in [0.5, 0.6) is 5.75 Å². The first-order valence-electron chi connectivity index (χ1n) is 8.42. The third-order valence-electron chi connectivity index (χ3n) is 4.55. The molecule has 0 saturated carbocycles. The number of ether oxygens (including phenoxy) is 1. The van der Waals surface area contributed by atoms with E-state index >= 15 is 0 Å². The molecule has 0 atom stereocenters. The number of ketones is 1. The number of nitrogens with zero attached hydrogens (tertiary/aromatic N) is 2. The van der Waals surface area contributed by atoms with Gasteiger partial charge >= 0.3 is 0 Å². The van der Waals surface area contributed by atoms with Gasteiger partial charge in [0, 0.05) is 37.4 Å². The van der Waals surface area contributed by atoms with E-state index in [1.807, 2.05) is 24.3 Å². The quantitative estimate of drug-likeness (QED) is 0.752. The molecule has 138 valence electrons. The fraction of sp³-hybridized carbons (Fsp3) is 0.316. The summed E-state index contributed by atoms with van der Waals surface area (Å²) < 4.78 is 32.4. The number of methoxy groups -OCH3 is 1. The van der Waals surface area contributed by atoms with Gasteiger partial charge in [-0.2, -0.15) is 4.31 Å². The molecule has 0 spiro atoms. The number of hydrogen-bond donors (Lipinski definition) is 0. The van der Waals surface area contributed by atoms with Crippen molar-refractivity contribution in [3.63, 3.8) is 0 Å². The van der Waals surface area contributed by atoms with E-state index in [0.29, 0.717) is 31.7 Å². The molecular weight excluding hydrogens is 352 g/mol. The van der Waals surface area contributed by atoms with Crippen LogP contribution in [0, 0.1) is 0 Å². The molecule has 1 saturated heterocycles. The van der Waals surface area contributed by atoms with Crippen molar-refractivity contribution in [3.8, 4) is 5.75 Å². The molecule has 0 N–H and O–H groups in total. The van der Waals surface area contributed by atoms with Crippen LogP contribution in [-0.4, -0.2) is 51.8 Å². The Bertz CT molecular complexity index is 886. The van der Waals surface area contributed by atoms with Crippen LogP contribution in [0.3, 0.4) is 0 Å². The average molecular weight is 374 g/mol. The summed E-state index contributed by atoms with van der Waals surface area (Å²) in [6.45, 7) is 3.45. The van der Waals surface area contributed by atoms with Crippen molar-refractivity contribution in [1.82, 2.24) is 4.31 Å². The highest BCUT2D eigenvalue weighted by atomic mass is 32.2. The zero-order valence-corrected chi connectivity index (χ0v) is 15.7. The number of sulfonamides is 1. The van der Waals surface area contributed by atoms with Crippen molar-refractivity contribution < 1.29 is 17.9 Å². The molecule has 2 aromatic carbocycles. The van der Waals surface area contributed by atoms with Gasteiger partial charge in [0.25, 0.3) is 0 Å². The standard InChI is InChI=1S/C19H22N2O4S/c1-15(22)16-4-3-5-19(14-16)26(23,24)21-12-10-20(11-13-21)17-6-8-18(25-2)9-7-17/h3-9,14H,10-13H2,1-2H3. The van der Waals surface area contributed by atoms with Crippen molar-refractivity contribution in [3.05, 3.63) is 54.1 Å². The maximum Gasteiger partial charge on any atom is 0.243 e. The van der Waals surface area contributed by atoms with Crippen LogP contribution in [0.15, 0.2) is 53.4 Å². The lowest BCUT2D eigenvalue weighted by molar-refractivity contribution is 0.101. The molecule has 0 bridgehead atoms. The predicted octanol–water partition coefficient (Wildman–Crippen LogP) is 2.41. The first-order chi connectivity index (χ1) is 12.4. The third-order valence-corrected chi connectivity index (χ3v) is 6.45. The summed E-state index contributed by atoms with van der Waals surface area (Å²) in [5.74, 6) is 0.645. The Hall–Kier alpha value is -2.38. The summed E-state index contributed by atoms with van der Waals surface area (Å²) in [4.78, 5) is 13.8. The van der Waals surface area contributed by atoms with Gasteiger partial charge < -0.3 is 9.64 Å². The summed E-state index contributed by atoms with van der Waals surface area (Å²) in [5, 5.41) is 0. The van der Waals surface area contributed by atoms with Gasteiger partial charge in [-0.15, -0.1) is 0 Å². The van der Waals surface area contributed by atoms with Crippen molar-refractivity contribution >= 4 is 21.5 Å². The molecule has 2 aromatic rings. The van der Waals surface area contributed by atoms with Crippen LogP contribution in [0.2, 0.25) is 0 Å². The summed E-state index contributed by atoms with van der Waals surface area (Å²) in [7, 11) is -1.98. The lowest BCUT2D eigenvalue weighted by atomic mass is 10.2. The van der Waals surface area contributed by atoms with Crippen molar-refractivity contribution in [2.24, 2.45) is 0 Å². The number of benzene rings is 2. The monoisotopic (exact) mass is 374 g/mol. The second kappa shape index (κ2) is 7.47. The second-order valence-corrected chi connectivity index (χ2v) is 8.11. The average Bonchev–Trinajstić information content (AvgIpc) is 2.68. The minimum Gasteiger partial charge on any atom is -0.497 e. The topological polar surface area (TPSA) is 66.9 Å². The fourth-order valence-corrected chi connectivity index (χ4v) is 4.47. The van der Waals surface area contributed by atoms with Crippen LogP contribution in [-0.2, 0) is 10.0 Å². The molecule has 1 aliphatic heterocycles. The van der Waals surface area contributed by atoms with Crippen LogP contribution in [0.4, 0.5) is 5.69 Å². The molecule has 0 radical (unpaired) electrons. The Morgan fingerprint density at radius 3 is 2.23 bits per heavy atom. The van der Waals surface area contributed by atoms with Crippen molar-refractivity contribution in [1.29, 1.82) is 0 Å². The Morgan fingerprint density at radius 2 is 1.65 bits per heavy atom. The molecule has 1 fully saturated rings. The molecule has 0 amide bonds. The molecule has 3 rings (SSSR count). The van der Waals surface area contributed by atoms with E-state index in [1.54, 1.807) is 19.2 Å². The molecule has 0 unspecified atom stereocenters. The lowest BCUT2D eigenvalue weighted by Gasteiger charge is -2.35. The van der Waals surface area contributed by atoms with E-state index in [2.05, 4.69) is 4.90 Å². The zero-order chi connectivity index (χ0) is 18.7. The van der Waals surface area contributed by atoms with E-state index in [0.717, 1.165) is 11.4 Å². The molecule has 26 heavy (non-hydrogen) atoms. The number of carbonyl (C=O) groups excluding carboxylic acids is 1. The summed E-state index contributed by atoms with van der Waals surface area (Å²) in [5.41, 5.74) is 1.45. The van der Waals surface area contributed by atoms with Gasteiger partial charge in [0.1, 0.15) is 5.75 Å². The fourth-order valence-electron chi connectivity index (χ4n) is 3.00. The Balaban J connectivity index is 1.72. The maximum absolute atomic E-state index is 12.9. The van der Waals surface area contributed by atoms with Crippen molar-refractivity contribution in [2.45, 2.75) is 11.8 Å². The Morgan fingerprint density at radius 1 is 1.00 bits per heavy atom. The summed E-state index contributed by atoms with van der Waals surface area (Å²) in [6.07, 6.45) is 0. The first-order valence-corrected chi connectivity index (χ1v) is 9.86. The molecular formula is C19H22N2O4S. The number of anilines is 1. The molecule has 1 heterocycles. The van der Waals surface area contributed by atoms with Crippen LogP contribution >= 0.6 is 0 Å². The minimum absolute atomic E-state index is 0.147. The number of hydrogen-bond acceptors (Lipinski definition) is 5. The van der Waals surface area contributed by atoms with Gasteiger partial charge in [0.2, 0.25) is 10.0 Å².